The van der Waals surface area contributed by atoms with Gasteiger partial charge in [0.15, 0.2) is 0 Å². The molecule has 3 nitrogen and oxygen atoms in total. The van der Waals surface area contributed by atoms with Gasteiger partial charge in [0.05, 0.1) is 12.4 Å². The summed E-state index contributed by atoms with van der Waals surface area (Å²) >= 11 is 0. The van der Waals surface area contributed by atoms with E-state index in [9.17, 15) is 9.00 Å². The molecule has 0 aromatic rings. The molecule has 0 amide bonds. The van der Waals surface area contributed by atoms with Crippen LogP contribution in [0.15, 0.2) is 0 Å². The summed E-state index contributed by atoms with van der Waals surface area (Å²) in [5.74, 6) is 0.696. The van der Waals surface area contributed by atoms with Crippen LogP contribution in [0.2, 0.25) is 0 Å². The van der Waals surface area contributed by atoms with Crippen molar-refractivity contribution in [3.05, 3.63) is 0 Å². The monoisotopic (exact) mass is 178 g/mol. The van der Waals surface area contributed by atoms with E-state index < -0.39 is 10.8 Å². The van der Waals surface area contributed by atoms with Gasteiger partial charge in [-0.05, 0) is 0 Å². The predicted octanol–water partition coefficient (Wildman–Crippen LogP) is 0.361. The van der Waals surface area contributed by atoms with E-state index in [0.29, 0.717) is 18.8 Å². The van der Waals surface area contributed by atoms with Crippen LogP contribution in [0.3, 0.4) is 0 Å². The van der Waals surface area contributed by atoms with Crippen LogP contribution in [0.5, 0.6) is 0 Å². The lowest BCUT2D eigenvalue weighted by molar-refractivity contribution is -0.116. The molecular formula is C7H14O3S. The van der Waals surface area contributed by atoms with E-state index in [2.05, 4.69) is 0 Å². The van der Waals surface area contributed by atoms with Crippen LogP contribution in [0.1, 0.15) is 13.3 Å². The summed E-state index contributed by atoms with van der Waals surface area (Å²) in [5, 5.41) is 0. The Morgan fingerprint density at radius 1 is 1.55 bits per heavy atom. The lowest BCUT2D eigenvalue weighted by Crippen LogP contribution is -2.14. The van der Waals surface area contributed by atoms with Crippen molar-refractivity contribution < 1.29 is 13.7 Å². The molecule has 1 unspecified atom stereocenters. The molecule has 0 N–H and O–H groups in total. The molecule has 0 aliphatic carbocycles. The molecule has 11 heavy (non-hydrogen) atoms. The number of carbonyl (C=O) groups excluding carboxylic acids is 1. The number of hydrogen-bond donors (Lipinski definition) is 0. The lowest BCUT2D eigenvalue weighted by Gasteiger charge is -1.98. The van der Waals surface area contributed by atoms with Gasteiger partial charge in [-0.15, -0.1) is 0 Å². The molecule has 66 valence electrons. The molecule has 0 aliphatic heterocycles. The average molecular weight is 178 g/mol. The van der Waals surface area contributed by atoms with E-state index in [1.54, 1.807) is 14.0 Å². The van der Waals surface area contributed by atoms with Crippen molar-refractivity contribution in [2.75, 3.05) is 25.2 Å². The highest BCUT2D eigenvalue weighted by atomic mass is 32.2. The van der Waals surface area contributed by atoms with Crippen molar-refractivity contribution in [3.63, 3.8) is 0 Å². The molecule has 0 bridgehead atoms. The third kappa shape index (κ3) is 6.19. The van der Waals surface area contributed by atoms with Gasteiger partial charge in [-0.25, -0.2) is 0 Å². The Bertz CT molecular complexity index is 145. The van der Waals surface area contributed by atoms with Gasteiger partial charge in [-0.3, -0.25) is 9.00 Å². The fraction of sp³-hybridized carbons (Fsp3) is 0.857. The van der Waals surface area contributed by atoms with Crippen LogP contribution in [0, 0.1) is 0 Å². The van der Waals surface area contributed by atoms with Crippen LogP contribution in [0.25, 0.3) is 0 Å². The van der Waals surface area contributed by atoms with Gasteiger partial charge in [0.25, 0.3) is 0 Å². The van der Waals surface area contributed by atoms with Crippen molar-refractivity contribution in [1.82, 2.24) is 0 Å². The first-order valence-corrected chi connectivity index (χ1v) is 5.05. The second-order valence-electron chi connectivity index (χ2n) is 2.17. The summed E-state index contributed by atoms with van der Waals surface area (Å²) < 4.78 is 15.7. The number of ether oxygens (including phenoxy) is 1. The molecule has 0 heterocycles. The SMILES string of the molecule is CCC(=O)CS(=O)CCOC. The number of ketones is 1. The Balaban J connectivity index is 3.44. The summed E-state index contributed by atoms with van der Waals surface area (Å²) in [6, 6.07) is 0. The number of hydrogen-bond acceptors (Lipinski definition) is 3. The largest absolute Gasteiger partial charge is 0.384 e. The van der Waals surface area contributed by atoms with Crippen molar-refractivity contribution in [1.29, 1.82) is 0 Å². The molecule has 4 heteroatoms. The van der Waals surface area contributed by atoms with Crippen molar-refractivity contribution >= 4 is 16.6 Å². The van der Waals surface area contributed by atoms with Crippen LogP contribution >= 0.6 is 0 Å². The lowest BCUT2D eigenvalue weighted by atomic mass is 10.4. The topological polar surface area (TPSA) is 43.4 Å². The van der Waals surface area contributed by atoms with Crippen LogP contribution < -0.4 is 0 Å². The van der Waals surface area contributed by atoms with Gasteiger partial charge >= 0.3 is 0 Å². The van der Waals surface area contributed by atoms with E-state index in [4.69, 9.17) is 4.74 Å². The molecule has 0 aromatic carbocycles. The predicted molar refractivity (Wildman–Crippen MR) is 45.1 cm³/mol. The summed E-state index contributed by atoms with van der Waals surface area (Å²) in [5.41, 5.74) is 0. The summed E-state index contributed by atoms with van der Waals surface area (Å²) in [6.07, 6.45) is 0.471. The summed E-state index contributed by atoms with van der Waals surface area (Å²) in [6.45, 7) is 2.24. The molecule has 0 saturated heterocycles. The number of carbonyl (C=O) groups is 1. The van der Waals surface area contributed by atoms with Gasteiger partial charge in [0.1, 0.15) is 5.78 Å². The van der Waals surface area contributed by atoms with Gasteiger partial charge in [-0.2, -0.15) is 0 Å². The van der Waals surface area contributed by atoms with Crippen LogP contribution in [-0.4, -0.2) is 35.2 Å². The highest BCUT2D eigenvalue weighted by Crippen LogP contribution is 1.88. The van der Waals surface area contributed by atoms with Crippen molar-refractivity contribution in [3.8, 4) is 0 Å². The smallest absolute Gasteiger partial charge is 0.145 e. The molecular weight excluding hydrogens is 164 g/mol. The molecule has 0 saturated carbocycles. The minimum absolute atomic E-state index is 0.0550. The maximum atomic E-state index is 11.0. The van der Waals surface area contributed by atoms with E-state index in [0.717, 1.165) is 0 Å². The van der Waals surface area contributed by atoms with E-state index in [1.807, 2.05) is 0 Å². The first kappa shape index (κ1) is 10.8. The highest BCUT2D eigenvalue weighted by Gasteiger charge is 2.04. The van der Waals surface area contributed by atoms with Crippen molar-refractivity contribution in [2.24, 2.45) is 0 Å². The Morgan fingerprint density at radius 3 is 2.64 bits per heavy atom. The molecule has 0 fully saturated rings. The molecule has 0 aromatic heterocycles. The average Bonchev–Trinajstić information content (AvgIpc) is 2.00. The number of methoxy groups -OCH3 is 1. The zero-order valence-corrected chi connectivity index (χ0v) is 7.78. The second-order valence-corrected chi connectivity index (χ2v) is 3.75. The zero-order chi connectivity index (χ0) is 8.69. The van der Waals surface area contributed by atoms with E-state index in [-0.39, 0.29) is 11.5 Å². The fourth-order valence-corrected chi connectivity index (χ4v) is 1.59. The van der Waals surface area contributed by atoms with E-state index >= 15 is 0 Å². The van der Waals surface area contributed by atoms with Crippen molar-refractivity contribution in [2.45, 2.75) is 13.3 Å². The maximum Gasteiger partial charge on any atom is 0.145 e. The van der Waals surface area contributed by atoms with Crippen LogP contribution in [-0.2, 0) is 20.3 Å². The van der Waals surface area contributed by atoms with Crippen LogP contribution in [0.4, 0.5) is 0 Å². The Labute approximate surface area is 69.6 Å². The third-order valence-electron chi connectivity index (χ3n) is 1.23. The minimum Gasteiger partial charge on any atom is -0.384 e. The third-order valence-corrected chi connectivity index (χ3v) is 2.50. The maximum absolute atomic E-state index is 11.0. The number of Topliss-reactive ketones (excluding diaryl/α,β-unsaturated/α-hetero) is 1. The normalized spacial score (nSPS) is 12.9. The van der Waals surface area contributed by atoms with E-state index in [1.165, 1.54) is 0 Å². The first-order valence-electron chi connectivity index (χ1n) is 3.56. The zero-order valence-electron chi connectivity index (χ0n) is 6.96. The standard InChI is InChI=1S/C7H14O3S/c1-3-7(8)6-11(9)5-4-10-2/h3-6H2,1-2H3. The Kier molecular flexibility index (Phi) is 6.36. The summed E-state index contributed by atoms with van der Waals surface area (Å²) in [4.78, 5) is 10.8. The molecule has 0 spiro atoms. The molecule has 1 atom stereocenters. The quantitative estimate of drug-likeness (QED) is 0.590. The second kappa shape index (κ2) is 6.49. The Hall–Kier alpha value is -0.220. The van der Waals surface area contributed by atoms with Gasteiger partial charge in [-0.1, -0.05) is 6.92 Å². The van der Waals surface area contributed by atoms with Gasteiger partial charge in [0, 0.05) is 30.1 Å². The number of rotatable bonds is 6. The van der Waals surface area contributed by atoms with Gasteiger partial charge < -0.3 is 4.74 Å². The Morgan fingerprint density at radius 2 is 2.18 bits per heavy atom. The fourth-order valence-electron chi connectivity index (χ4n) is 0.530. The molecule has 0 aliphatic rings. The minimum atomic E-state index is -1.02. The summed E-state index contributed by atoms with van der Waals surface area (Å²) in [7, 11) is 0.530. The van der Waals surface area contributed by atoms with Gasteiger partial charge in [0.2, 0.25) is 0 Å². The molecule has 0 radical (unpaired) electrons. The first-order chi connectivity index (χ1) is 5.20. The molecule has 0 rings (SSSR count). The highest BCUT2D eigenvalue weighted by molar-refractivity contribution is 7.85.